The Hall–Kier alpha value is -1.68. The van der Waals surface area contributed by atoms with Crippen molar-refractivity contribution in [3.05, 3.63) is 46.8 Å². The van der Waals surface area contributed by atoms with Crippen molar-refractivity contribution in [1.82, 2.24) is 19.9 Å². The summed E-state index contributed by atoms with van der Waals surface area (Å²) in [5.41, 5.74) is 4.76. The summed E-state index contributed by atoms with van der Waals surface area (Å²) in [7, 11) is 2.15. The van der Waals surface area contributed by atoms with Crippen molar-refractivity contribution >= 4 is 0 Å². The minimum absolute atomic E-state index is 0.431. The normalized spacial score (nSPS) is 12.9. The van der Waals surface area contributed by atoms with Crippen LogP contribution in [0.15, 0.2) is 18.3 Å². The third kappa shape index (κ3) is 4.14. The molecule has 21 heavy (non-hydrogen) atoms. The lowest BCUT2D eigenvalue weighted by Crippen LogP contribution is -2.31. The first-order valence-electron chi connectivity index (χ1n) is 7.65. The Kier molecular flexibility index (Phi) is 5.12. The highest BCUT2D eigenvalue weighted by atomic mass is 15.1. The molecule has 0 bridgehead atoms. The van der Waals surface area contributed by atoms with E-state index in [0.29, 0.717) is 6.04 Å². The molecule has 4 heteroatoms. The molecule has 0 saturated heterocycles. The molecule has 0 aliphatic heterocycles. The van der Waals surface area contributed by atoms with Gasteiger partial charge < -0.3 is 4.98 Å². The first-order chi connectivity index (χ1) is 9.99. The number of aryl methyl sites for hydroxylation is 3. The van der Waals surface area contributed by atoms with Crippen molar-refractivity contribution in [2.45, 2.75) is 53.1 Å². The van der Waals surface area contributed by atoms with Gasteiger partial charge in [-0.25, -0.2) is 4.98 Å². The van der Waals surface area contributed by atoms with E-state index < -0.39 is 0 Å². The molecule has 0 saturated carbocycles. The van der Waals surface area contributed by atoms with Crippen LogP contribution in [0.25, 0.3) is 0 Å². The molecule has 2 rings (SSSR count). The molecule has 2 heterocycles. The summed E-state index contributed by atoms with van der Waals surface area (Å²) in [6.45, 7) is 9.45. The Labute approximate surface area is 127 Å². The fourth-order valence-corrected chi connectivity index (χ4v) is 2.45. The van der Waals surface area contributed by atoms with Crippen LogP contribution >= 0.6 is 0 Å². The summed E-state index contributed by atoms with van der Waals surface area (Å²) >= 11 is 0. The van der Waals surface area contributed by atoms with E-state index in [1.165, 1.54) is 11.3 Å². The largest absolute Gasteiger partial charge is 0.346 e. The number of imidazole rings is 1. The van der Waals surface area contributed by atoms with Gasteiger partial charge >= 0.3 is 0 Å². The fraction of sp³-hybridized carbons (Fsp3) is 0.529. The Morgan fingerprint density at radius 3 is 2.71 bits per heavy atom. The predicted octanol–water partition coefficient (Wildman–Crippen LogP) is 3.05. The summed E-state index contributed by atoms with van der Waals surface area (Å²) in [6.07, 6.45) is 3.80. The monoisotopic (exact) mass is 286 g/mol. The highest BCUT2D eigenvalue weighted by Gasteiger charge is 2.14. The number of rotatable bonds is 6. The number of hydrogen-bond donors (Lipinski definition) is 1. The molecule has 0 amide bonds. The molecule has 0 spiro atoms. The maximum atomic E-state index is 4.66. The van der Waals surface area contributed by atoms with Gasteiger partial charge in [0.05, 0.1) is 5.69 Å². The molecule has 0 aromatic carbocycles. The van der Waals surface area contributed by atoms with Crippen LogP contribution in [0.2, 0.25) is 0 Å². The SMILES string of the molecule is CCc1nc(CN(C)C(C)Cc2cc(C)ccn2)c(C)[nH]1. The smallest absolute Gasteiger partial charge is 0.106 e. The molecule has 0 radical (unpaired) electrons. The molecule has 0 fully saturated rings. The highest BCUT2D eigenvalue weighted by Crippen LogP contribution is 2.12. The van der Waals surface area contributed by atoms with Gasteiger partial charge in [-0.05, 0) is 45.5 Å². The highest BCUT2D eigenvalue weighted by molar-refractivity contribution is 5.16. The second kappa shape index (κ2) is 6.85. The van der Waals surface area contributed by atoms with Gasteiger partial charge in [0.2, 0.25) is 0 Å². The number of aromatic amines is 1. The third-order valence-electron chi connectivity index (χ3n) is 4.00. The van der Waals surface area contributed by atoms with E-state index in [0.717, 1.165) is 36.6 Å². The quantitative estimate of drug-likeness (QED) is 0.887. The van der Waals surface area contributed by atoms with Crippen molar-refractivity contribution in [2.24, 2.45) is 0 Å². The molecule has 4 nitrogen and oxygen atoms in total. The van der Waals surface area contributed by atoms with Crippen LogP contribution in [0.4, 0.5) is 0 Å². The first-order valence-corrected chi connectivity index (χ1v) is 7.65. The average molecular weight is 286 g/mol. The topological polar surface area (TPSA) is 44.8 Å². The van der Waals surface area contributed by atoms with Crippen LogP contribution in [0.5, 0.6) is 0 Å². The molecule has 1 unspecified atom stereocenters. The number of nitrogens with one attached hydrogen (secondary N) is 1. The van der Waals surface area contributed by atoms with Gasteiger partial charge in [0.15, 0.2) is 0 Å². The predicted molar refractivity (Wildman–Crippen MR) is 86.3 cm³/mol. The zero-order chi connectivity index (χ0) is 15.4. The molecule has 2 aromatic rings. The van der Waals surface area contributed by atoms with Crippen molar-refractivity contribution < 1.29 is 0 Å². The standard InChI is InChI=1S/C17H26N4/c1-6-17-19-14(4)16(20-17)11-21(5)13(3)10-15-9-12(2)7-8-18-15/h7-9,13H,6,10-11H2,1-5H3,(H,19,20). The van der Waals surface area contributed by atoms with Gasteiger partial charge in [0, 0.05) is 43.0 Å². The number of pyridine rings is 1. The second-order valence-corrected chi connectivity index (χ2v) is 5.90. The Balaban J connectivity index is 1.98. The van der Waals surface area contributed by atoms with E-state index in [-0.39, 0.29) is 0 Å². The van der Waals surface area contributed by atoms with Gasteiger partial charge in [-0.15, -0.1) is 0 Å². The molecule has 2 aromatic heterocycles. The summed E-state index contributed by atoms with van der Waals surface area (Å²) in [6, 6.07) is 4.64. The molecule has 1 atom stereocenters. The van der Waals surface area contributed by atoms with E-state index in [2.05, 4.69) is 60.7 Å². The zero-order valence-corrected chi connectivity index (χ0v) is 13.8. The van der Waals surface area contributed by atoms with Crippen LogP contribution < -0.4 is 0 Å². The number of likely N-dealkylation sites (N-methyl/N-ethyl adjacent to an activating group) is 1. The van der Waals surface area contributed by atoms with Crippen LogP contribution in [0.1, 0.15) is 42.3 Å². The Morgan fingerprint density at radius 2 is 2.10 bits per heavy atom. The zero-order valence-electron chi connectivity index (χ0n) is 13.8. The summed E-state index contributed by atoms with van der Waals surface area (Å²) in [5.74, 6) is 1.07. The van der Waals surface area contributed by atoms with Crippen molar-refractivity contribution in [3.63, 3.8) is 0 Å². The van der Waals surface area contributed by atoms with Crippen LogP contribution in [-0.4, -0.2) is 32.9 Å². The van der Waals surface area contributed by atoms with Gasteiger partial charge in [-0.3, -0.25) is 9.88 Å². The van der Waals surface area contributed by atoms with Crippen LogP contribution in [0, 0.1) is 13.8 Å². The molecule has 0 aliphatic rings. The maximum Gasteiger partial charge on any atom is 0.106 e. The number of nitrogens with zero attached hydrogens (tertiary/aromatic N) is 3. The average Bonchev–Trinajstić information content (AvgIpc) is 2.79. The number of hydrogen-bond acceptors (Lipinski definition) is 3. The van der Waals surface area contributed by atoms with Gasteiger partial charge in [0.1, 0.15) is 5.82 Å². The van der Waals surface area contributed by atoms with Crippen molar-refractivity contribution in [3.8, 4) is 0 Å². The maximum absolute atomic E-state index is 4.66. The van der Waals surface area contributed by atoms with E-state index in [1.54, 1.807) is 0 Å². The summed E-state index contributed by atoms with van der Waals surface area (Å²) < 4.78 is 0. The van der Waals surface area contributed by atoms with Gasteiger partial charge in [-0.2, -0.15) is 0 Å². The Morgan fingerprint density at radius 1 is 1.33 bits per heavy atom. The molecule has 114 valence electrons. The third-order valence-corrected chi connectivity index (χ3v) is 4.00. The molecular formula is C17H26N4. The Bertz CT molecular complexity index is 588. The first kappa shape index (κ1) is 15.7. The van der Waals surface area contributed by atoms with Crippen LogP contribution in [-0.2, 0) is 19.4 Å². The summed E-state index contributed by atoms with van der Waals surface area (Å²) in [5, 5.41) is 0. The van der Waals surface area contributed by atoms with Crippen molar-refractivity contribution in [1.29, 1.82) is 0 Å². The van der Waals surface area contributed by atoms with Crippen molar-refractivity contribution in [2.75, 3.05) is 7.05 Å². The minimum atomic E-state index is 0.431. The lowest BCUT2D eigenvalue weighted by Gasteiger charge is -2.24. The number of aromatic nitrogens is 3. The van der Waals surface area contributed by atoms with E-state index >= 15 is 0 Å². The van der Waals surface area contributed by atoms with E-state index in [9.17, 15) is 0 Å². The van der Waals surface area contributed by atoms with E-state index in [1.807, 2.05) is 12.3 Å². The molecular weight excluding hydrogens is 260 g/mol. The molecule has 0 aliphatic carbocycles. The second-order valence-electron chi connectivity index (χ2n) is 5.90. The lowest BCUT2D eigenvalue weighted by atomic mass is 10.1. The molecule has 1 N–H and O–H groups in total. The number of H-pyrrole nitrogens is 1. The van der Waals surface area contributed by atoms with Gasteiger partial charge in [-0.1, -0.05) is 6.92 Å². The van der Waals surface area contributed by atoms with Gasteiger partial charge in [0.25, 0.3) is 0 Å². The fourth-order valence-electron chi connectivity index (χ4n) is 2.45. The van der Waals surface area contributed by atoms with Crippen LogP contribution in [0.3, 0.4) is 0 Å². The minimum Gasteiger partial charge on any atom is -0.346 e. The summed E-state index contributed by atoms with van der Waals surface area (Å²) in [4.78, 5) is 14.8. The van der Waals surface area contributed by atoms with E-state index in [4.69, 9.17) is 0 Å². The lowest BCUT2D eigenvalue weighted by molar-refractivity contribution is 0.244.